The maximum Gasteiger partial charge on any atom is 0.238 e. The first-order valence-corrected chi connectivity index (χ1v) is 11.5. The van der Waals surface area contributed by atoms with E-state index in [1.165, 1.54) is 12.1 Å². The van der Waals surface area contributed by atoms with Crippen molar-refractivity contribution in [3.8, 4) is 34.0 Å². The Morgan fingerprint density at radius 2 is 1.81 bits per heavy atom. The standard InChI is InChI=1S/C23H26N2O5S/c1-3-4-12-30-23-21(15-26)20(16-8-10-19(11-9-16)31(24,27)28)14-22(25-23)17-6-5-7-18(13-17)29-2/h5-11,13-14,26H,3-4,12,15H2,1-2H3,(H2,24,27,28). The highest BCUT2D eigenvalue weighted by Gasteiger charge is 2.17. The maximum absolute atomic E-state index is 11.6. The zero-order chi connectivity index (χ0) is 22.4. The third-order valence-corrected chi connectivity index (χ3v) is 5.77. The molecule has 0 atom stereocenters. The zero-order valence-corrected chi connectivity index (χ0v) is 18.4. The summed E-state index contributed by atoms with van der Waals surface area (Å²) in [5, 5.41) is 15.3. The number of rotatable bonds is 9. The molecule has 0 aliphatic heterocycles. The summed E-state index contributed by atoms with van der Waals surface area (Å²) in [4.78, 5) is 4.67. The molecule has 0 saturated carbocycles. The predicted molar refractivity (Wildman–Crippen MR) is 119 cm³/mol. The van der Waals surface area contributed by atoms with Crippen molar-refractivity contribution in [1.29, 1.82) is 0 Å². The molecular formula is C23H26N2O5S. The molecule has 2 aromatic carbocycles. The summed E-state index contributed by atoms with van der Waals surface area (Å²) in [6.45, 7) is 2.26. The molecule has 1 heterocycles. The summed E-state index contributed by atoms with van der Waals surface area (Å²) in [6.07, 6.45) is 1.82. The SMILES string of the molecule is CCCCOc1nc(-c2cccc(OC)c2)cc(-c2ccc(S(N)(=O)=O)cc2)c1CO. The third kappa shape index (κ3) is 5.41. The van der Waals surface area contributed by atoms with Crippen LogP contribution in [0.3, 0.4) is 0 Å². The van der Waals surface area contributed by atoms with Gasteiger partial charge in [0.15, 0.2) is 0 Å². The number of aliphatic hydroxyl groups excluding tert-OH is 1. The van der Waals surface area contributed by atoms with Gasteiger partial charge >= 0.3 is 0 Å². The second-order valence-electron chi connectivity index (χ2n) is 7.00. The van der Waals surface area contributed by atoms with Crippen LogP contribution in [0.1, 0.15) is 25.3 Å². The Labute approximate surface area is 182 Å². The molecule has 0 aliphatic carbocycles. The highest BCUT2D eigenvalue weighted by Crippen LogP contribution is 2.35. The second kappa shape index (κ2) is 9.91. The molecule has 7 nitrogen and oxygen atoms in total. The van der Waals surface area contributed by atoms with Crippen molar-refractivity contribution in [3.05, 3.63) is 60.2 Å². The van der Waals surface area contributed by atoms with Gasteiger partial charge in [0.2, 0.25) is 15.9 Å². The fourth-order valence-electron chi connectivity index (χ4n) is 3.15. The molecular weight excluding hydrogens is 416 g/mol. The molecule has 3 N–H and O–H groups in total. The topological polar surface area (TPSA) is 112 Å². The monoisotopic (exact) mass is 442 g/mol. The van der Waals surface area contributed by atoms with Gasteiger partial charge in [-0.15, -0.1) is 0 Å². The number of nitrogens with two attached hydrogens (primary N) is 1. The number of benzene rings is 2. The lowest BCUT2D eigenvalue weighted by molar-refractivity contribution is 0.256. The lowest BCUT2D eigenvalue weighted by Crippen LogP contribution is -2.11. The van der Waals surface area contributed by atoms with Crippen molar-refractivity contribution < 1.29 is 23.0 Å². The average Bonchev–Trinajstić information content (AvgIpc) is 2.78. The van der Waals surface area contributed by atoms with Crippen LogP contribution in [-0.2, 0) is 16.6 Å². The number of hydrogen-bond acceptors (Lipinski definition) is 6. The lowest BCUT2D eigenvalue weighted by atomic mass is 9.98. The molecule has 3 aromatic rings. The molecule has 1 aromatic heterocycles. The molecule has 0 radical (unpaired) electrons. The quantitative estimate of drug-likeness (QED) is 0.488. The molecule has 0 bridgehead atoms. The van der Waals surface area contributed by atoms with Crippen LogP contribution in [0.4, 0.5) is 0 Å². The van der Waals surface area contributed by atoms with Crippen LogP contribution in [0.2, 0.25) is 0 Å². The fourth-order valence-corrected chi connectivity index (χ4v) is 3.66. The zero-order valence-electron chi connectivity index (χ0n) is 17.5. The van der Waals surface area contributed by atoms with Crippen molar-refractivity contribution in [3.63, 3.8) is 0 Å². The first-order chi connectivity index (χ1) is 14.9. The highest BCUT2D eigenvalue weighted by atomic mass is 32.2. The highest BCUT2D eigenvalue weighted by molar-refractivity contribution is 7.89. The van der Waals surface area contributed by atoms with Gasteiger partial charge in [-0.3, -0.25) is 0 Å². The predicted octanol–water partition coefficient (Wildman–Crippen LogP) is 3.74. The van der Waals surface area contributed by atoms with E-state index in [1.807, 2.05) is 30.3 Å². The van der Waals surface area contributed by atoms with Gasteiger partial charge in [0.25, 0.3) is 0 Å². The van der Waals surface area contributed by atoms with Crippen LogP contribution in [0.15, 0.2) is 59.5 Å². The Hall–Kier alpha value is -2.94. The number of ether oxygens (including phenoxy) is 2. The van der Waals surface area contributed by atoms with E-state index in [0.717, 1.165) is 18.4 Å². The molecule has 0 saturated heterocycles. The van der Waals surface area contributed by atoms with E-state index in [-0.39, 0.29) is 11.5 Å². The molecule has 31 heavy (non-hydrogen) atoms. The normalized spacial score (nSPS) is 11.4. The first kappa shape index (κ1) is 22.7. The van der Waals surface area contributed by atoms with Crippen LogP contribution in [0, 0.1) is 0 Å². The Kier molecular flexibility index (Phi) is 7.27. The average molecular weight is 443 g/mol. The van der Waals surface area contributed by atoms with Gasteiger partial charge in [-0.05, 0) is 47.9 Å². The molecule has 0 aliphatic rings. The van der Waals surface area contributed by atoms with Crippen molar-refractivity contribution in [2.75, 3.05) is 13.7 Å². The summed E-state index contributed by atoms with van der Waals surface area (Å²) < 4.78 is 34.4. The molecule has 3 rings (SSSR count). The minimum Gasteiger partial charge on any atom is -0.497 e. The molecule has 0 fully saturated rings. The van der Waals surface area contributed by atoms with Crippen molar-refractivity contribution in [2.24, 2.45) is 5.14 Å². The van der Waals surface area contributed by atoms with Gasteiger partial charge < -0.3 is 14.6 Å². The number of hydrogen-bond donors (Lipinski definition) is 2. The number of pyridine rings is 1. The van der Waals surface area contributed by atoms with E-state index in [0.29, 0.717) is 40.6 Å². The summed E-state index contributed by atoms with van der Waals surface area (Å²) >= 11 is 0. The Morgan fingerprint density at radius 3 is 2.42 bits per heavy atom. The molecule has 0 amide bonds. The smallest absolute Gasteiger partial charge is 0.238 e. The molecule has 8 heteroatoms. The van der Waals surface area contributed by atoms with Gasteiger partial charge in [0.1, 0.15) is 5.75 Å². The number of unbranched alkanes of at least 4 members (excludes halogenated alkanes) is 1. The van der Waals surface area contributed by atoms with Gasteiger partial charge in [-0.2, -0.15) is 0 Å². The van der Waals surface area contributed by atoms with E-state index in [2.05, 4.69) is 11.9 Å². The molecule has 164 valence electrons. The number of aliphatic hydroxyl groups is 1. The van der Waals surface area contributed by atoms with E-state index >= 15 is 0 Å². The van der Waals surface area contributed by atoms with E-state index < -0.39 is 10.0 Å². The number of nitrogens with zero attached hydrogens (tertiary/aromatic N) is 1. The Balaban J connectivity index is 2.16. The van der Waals surface area contributed by atoms with Crippen LogP contribution >= 0.6 is 0 Å². The van der Waals surface area contributed by atoms with Crippen LogP contribution in [0.25, 0.3) is 22.4 Å². The number of methoxy groups -OCH3 is 1. The molecule has 0 unspecified atom stereocenters. The second-order valence-corrected chi connectivity index (χ2v) is 8.56. The largest absolute Gasteiger partial charge is 0.497 e. The van der Waals surface area contributed by atoms with Gasteiger partial charge in [0, 0.05) is 11.1 Å². The Bertz CT molecular complexity index is 1150. The van der Waals surface area contributed by atoms with E-state index in [4.69, 9.17) is 14.6 Å². The van der Waals surface area contributed by atoms with Crippen molar-refractivity contribution in [2.45, 2.75) is 31.3 Å². The van der Waals surface area contributed by atoms with Gasteiger partial charge in [-0.25, -0.2) is 18.5 Å². The van der Waals surface area contributed by atoms with E-state index in [1.54, 1.807) is 19.2 Å². The minimum atomic E-state index is -3.80. The number of aromatic nitrogens is 1. The van der Waals surface area contributed by atoms with Crippen LogP contribution in [-0.4, -0.2) is 32.2 Å². The van der Waals surface area contributed by atoms with E-state index in [9.17, 15) is 13.5 Å². The first-order valence-electron chi connectivity index (χ1n) is 9.92. The number of primary sulfonamides is 1. The minimum absolute atomic E-state index is 0.0169. The summed E-state index contributed by atoms with van der Waals surface area (Å²) in [6, 6.07) is 15.5. The molecule has 0 spiro atoms. The van der Waals surface area contributed by atoms with Gasteiger partial charge in [0.05, 0.1) is 30.9 Å². The van der Waals surface area contributed by atoms with Crippen LogP contribution < -0.4 is 14.6 Å². The summed E-state index contributed by atoms with van der Waals surface area (Å²) in [5.74, 6) is 1.04. The van der Waals surface area contributed by atoms with Crippen molar-refractivity contribution in [1.82, 2.24) is 4.98 Å². The van der Waals surface area contributed by atoms with Gasteiger partial charge in [-0.1, -0.05) is 37.6 Å². The Morgan fingerprint density at radius 1 is 1.06 bits per heavy atom. The maximum atomic E-state index is 11.6. The lowest BCUT2D eigenvalue weighted by Gasteiger charge is -2.16. The summed E-state index contributed by atoms with van der Waals surface area (Å²) in [7, 11) is -2.20. The fraction of sp³-hybridized carbons (Fsp3) is 0.261. The van der Waals surface area contributed by atoms with Crippen molar-refractivity contribution >= 4 is 10.0 Å². The van der Waals surface area contributed by atoms with Crippen LogP contribution in [0.5, 0.6) is 11.6 Å². The third-order valence-electron chi connectivity index (χ3n) is 4.84. The summed E-state index contributed by atoms with van der Waals surface area (Å²) in [5.41, 5.74) is 3.41. The number of sulfonamides is 1.